The van der Waals surface area contributed by atoms with Crippen LogP contribution >= 0.6 is 0 Å². The van der Waals surface area contributed by atoms with Gasteiger partial charge in [0.2, 0.25) is 5.91 Å². The molecular formula is C16H29N3O3. The summed E-state index contributed by atoms with van der Waals surface area (Å²) in [6, 6.07) is 0.221. The number of likely N-dealkylation sites (tertiary alicyclic amines) is 1. The minimum atomic E-state index is -0.500. The summed E-state index contributed by atoms with van der Waals surface area (Å²) >= 11 is 0. The molecule has 0 radical (unpaired) electrons. The SMILES string of the molecule is CC(C)(C)OC(=O)N1CCC[C@H](C(=O)N[C@@H]2CCCNC2)C1. The van der Waals surface area contributed by atoms with E-state index >= 15 is 0 Å². The molecule has 2 aliphatic rings. The lowest BCUT2D eigenvalue weighted by Crippen LogP contribution is -2.51. The molecular weight excluding hydrogens is 282 g/mol. The molecule has 0 aliphatic carbocycles. The first-order valence-corrected chi connectivity index (χ1v) is 8.34. The average molecular weight is 311 g/mol. The molecule has 22 heavy (non-hydrogen) atoms. The number of nitrogens with zero attached hydrogens (tertiary/aromatic N) is 1. The third-order valence-electron chi connectivity index (χ3n) is 4.09. The van der Waals surface area contributed by atoms with Gasteiger partial charge in [-0.15, -0.1) is 0 Å². The third kappa shape index (κ3) is 5.16. The standard InChI is InChI=1S/C16H29N3O3/c1-16(2,3)22-15(21)19-9-5-6-12(11-19)14(20)18-13-7-4-8-17-10-13/h12-13,17H,4-11H2,1-3H3,(H,18,20)/t12-,13+/m0/s1. The van der Waals surface area contributed by atoms with E-state index < -0.39 is 5.60 Å². The van der Waals surface area contributed by atoms with Crippen molar-refractivity contribution in [1.29, 1.82) is 0 Å². The first-order valence-electron chi connectivity index (χ1n) is 8.34. The highest BCUT2D eigenvalue weighted by atomic mass is 16.6. The second-order valence-corrected chi connectivity index (χ2v) is 7.32. The molecule has 0 unspecified atom stereocenters. The fraction of sp³-hybridized carbons (Fsp3) is 0.875. The molecule has 2 amide bonds. The largest absolute Gasteiger partial charge is 0.444 e. The number of carbonyl (C=O) groups is 2. The van der Waals surface area contributed by atoms with Crippen LogP contribution in [0.3, 0.4) is 0 Å². The molecule has 2 rings (SSSR count). The number of carbonyl (C=O) groups excluding carboxylic acids is 2. The monoisotopic (exact) mass is 311 g/mol. The zero-order valence-electron chi connectivity index (χ0n) is 14.0. The van der Waals surface area contributed by atoms with Gasteiger partial charge in [0.05, 0.1) is 5.92 Å². The zero-order valence-corrected chi connectivity index (χ0v) is 14.0. The van der Waals surface area contributed by atoms with E-state index in [4.69, 9.17) is 4.74 Å². The average Bonchev–Trinajstić information content (AvgIpc) is 2.46. The summed E-state index contributed by atoms with van der Waals surface area (Å²) in [6.45, 7) is 8.57. The van der Waals surface area contributed by atoms with Crippen LogP contribution in [0.4, 0.5) is 4.79 Å². The molecule has 6 nitrogen and oxygen atoms in total. The first-order chi connectivity index (χ1) is 10.3. The number of ether oxygens (including phenoxy) is 1. The highest BCUT2D eigenvalue weighted by molar-refractivity contribution is 5.80. The van der Waals surface area contributed by atoms with Crippen LogP contribution in [0, 0.1) is 5.92 Å². The Bertz CT molecular complexity index is 400. The van der Waals surface area contributed by atoms with E-state index in [-0.39, 0.29) is 24.0 Å². The van der Waals surface area contributed by atoms with Crippen molar-refractivity contribution in [2.75, 3.05) is 26.2 Å². The van der Waals surface area contributed by atoms with Gasteiger partial charge in [-0.1, -0.05) is 0 Å². The smallest absolute Gasteiger partial charge is 0.410 e. The lowest BCUT2D eigenvalue weighted by Gasteiger charge is -2.34. The van der Waals surface area contributed by atoms with Crippen molar-refractivity contribution < 1.29 is 14.3 Å². The maximum Gasteiger partial charge on any atom is 0.410 e. The second kappa shape index (κ2) is 7.31. The van der Waals surface area contributed by atoms with Gasteiger partial charge in [-0.2, -0.15) is 0 Å². The normalized spacial score (nSPS) is 26.4. The third-order valence-corrected chi connectivity index (χ3v) is 4.09. The van der Waals surface area contributed by atoms with Crippen molar-refractivity contribution in [2.45, 2.75) is 58.1 Å². The van der Waals surface area contributed by atoms with Gasteiger partial charge in [0.15, 0.2) is 0 Å². The van der Waals surface area contributed by atoms with Crippen LogP contribution in [0.1, 0.15) is 46.5 Å². The minimum Gasteiger partial charge on any atom is -0.444 e. The number of hydrogen-bond acceptors (Lipinski definition) is 4. The Balaban J connectivity index is 1.84. The highest BCUT2D eigenvalue weighted by Gasteiger charge is 2.31. The Kier molecular flexibility index (Phi) is 5.67. The van der Waals surface area contributed by atoms with Crippen LogP contribution in [0.5, 0.6) is 0 Å². The van der Waals surface area contributed by atoms with Gasteiger partial charge in [-0.25, -0.2) is 4.79 Å². The summed E-state index contributed by atoms with van der Waals surface area (Å²) < 4.78 is 5.40. The maximum absolute atomic E-state index is 12.4. The van der Waals surface area contributed by atoms with Crippen molar-refractivity contribution in [2.24, 2.45) is 5.92 Å². The highest BCUT2D eigenvalue weighted by Crippen LogP contribution is 2.20. The lowest BCUT2D eigenvalue weighted by molar-refractivity contribution is -0.127. The summed E-state index contributed by atoms with van der Waals surface area (Å²) in [7, 11) is 0. The summed E-state index contributed by atoms with van der Waals surface area (Å²) in [5, 5.41) is 6.41. The number of amides is 2. The summed E-state index contributed by atoms with van der Waals surface area (Å²) in [6.07, 6.45) is 3.50. The number of hydrogen-bond donors (Lipinski definition) is 2. The molecule has 0 aromatic heterocycles. The van der Waals surface area contributed by atoms with Gasteiger partial charge < -0.3 is 20.3 Å². The van der Waals surface area contributed by atoms with Crippen molar-refractivity contribution in [3.8, 4) is 0 Å². The van der Waals surface area contributed by atoms with Crippen LogP contribution in [0.2, 0.25) is 0 Å². The van der Waals surface area contributed by atoms with Gasteiger partial charge in [-0.3, -0.25) is 4.79 Å². The van der Waals surface area contributed by atoms with Crippen molar-refractivity contribution in [1.82, 2.24) is 15.5 Å². The van der Waals surface area contributed by atoms with Crippen molar-refractivity contribution in [3.05, 3.63) is 0 Å². The molecule has 2 heterocycles. The van der Waals surface area contributed by atoms with E-state index in [0.29, 0.717) is 13.1 Å². The fourth-order valence-electron chi connectivity index (χ4n) is 2.98. The first kappa shape index (κ1) is 17.1. The minimum absolute atomic E-state index is 0.0713. The molecule has 126 valence electrons. The summed E-state index contributed by atoms with van der Waals surface area (Å²) in [5.41, 5.74) is -0.500. The summed E-state index contributed by atoms with van der Waals surface area (Å²) in [5.74, 6) is -0.0508. The number of piperidine rings is 2. The molecule has 6 heteroatoms. The van der Waals surface area contributed by atoms with Gasteiger partial charge in [0, 0.05) is 25.7 Å². The van der Waals surface area contributed by atoms with Gasteiger partial charge in [0.25, 0.3) is 0 Å². The van der Waals surface area contributed by atoms with Crippen LogP contribution in [0.15, 0.2) is 0 Å². The maximum atomic E-state index is 12.4. The van der Waals surface area contributed by atoms with Gasteiger partial charge >= 0.3 is 6.09 Å². The molecule has 0 spiro atoms. The molecule has 0 aromatic rings. The Morgan fingerprint density at radius 3 is 2.64 bits per heavy atom. The van der Waals surface area contributed by atoms with Crippen LogP contribution in [-0.4, -0.2) is 54.7 Å². The molecule has 2 aliphatic heterocycles. The predicted octanol–water partition coefficient (Wildman–Crippen LogP) is 1.50. The number of nitrogens with one attached hydrogen (secondary N) is 2. The second-order valence-electron chi connectivity index (χ2n) is 7.32. The molecule has 0 saturated carbocycles. The zero-order chi connectivity index (χ0) is 16.2. The van der Waals surface area contributed by atoms with Gasteiger partial charge in [0.1, 0.15) is 5.60 Å². The molecule has 2 saturated heterocycles. The molecule has 0 bridgehead atoms. The van der Waals surface area contributed by atoms with Crippen LogP contribution < -0.4 is 10.6 Å². The molecule has 2 fully saturated rings. The number of rotatable bonds is 2. The van der Waals surface area contributed by atoms with E-state index in [1.807, 2.05) is 20.8 Å². The Labute approximate surface area is 132 Å². The molecule has 0 aromatic carbocycles. The Morgan fingerprint density at radius 1 is 1.23 bits per heavy atom. The molecule has 2 N–H and O–H groups in total. The van der Waals surface area contributed by atoms with E-state index in [1.54, 1.807) is 4.90 Å². The fourth-order valence-corrected chi connectivity index (χ4v) is 2.98. The van der Waals surface area contributed by atoms with Gasteiger partial charge in [-0.05, 0) is 53.0 Å². The van der Waals surface area contributed by atoms with Crippen LogP contribution in [0.25, 0.3) is 0 Å². The van der Waals surface area contributed by atoms with Crippen molar-refractivity contribution in [3.63, 3.8) is 0 Å². The predicted molar refractivity (Wildman–Crippen MR) is 84.6 cm³/mol. The quantitative estimate of drug-likeness (QED) is 0.811. The van der Waals surface area contributed by atoms with E-state index in [0.717, 1.165) is 38.8 Å². The van der Waals surface area contributed by atoms with Crippen LogP contribution in [-0.2, 0) is 9.53 Å². The van der Waals surface area contributed by atoms with Crippen molar-refractivity contribution >= 4 is 12.0 Å². The Hall–Kier alpha value is -1.30. The molecule has 2 atom stereocenters. The Morgan fingerprint density at radius 2 is 2.00 bits per heavy atom. The van der Waals surface area contributed by atoms with E-state index in [9.17, 15) is 9.59 Å². The van der Waals surface area contributed by atoms with E-state index in [1.165, 1.54) is 0 Å². The lowest BCUT2D eigenvalue weighted by atomic mass is 9.96. The van der Waals surface area contributed by atoms with E-state index in [2.05, 4.69) is 10.6 Å². The summed E-state index contributed by atoms with van der Waals surface area (Å²) in [4.78, 5) is 26.2. The topological polar surface area (TPSA) is 70.7 Å².